The third-order valence-corrected chi connectivity index (χ3v) is 3.49. The van der Waals surface area contributed by atoms with Gasteiger partial charge in [0.1, 0.15) is 0 Å². The molecular formula is C18H10. The first-order valence-corrected chi connectivity index (χ1v) is 6.05. The zero-order chi connectivity index (χ0) is 11.9. The van der Waals surface area contributed by atoms with Crippen LogP contribution in [-0.4, -0.2) is 0 Å². The summed E-state index contributed by atoms with van der Waals surface area (Å²) in [5, 5.41) is 7.44. The van der Waals surface area contributed by atoms with Crippen LogP contribution in [0.2, 0.25) is 0 Å². The predicted octanol–water partition coefficient (Wildman–Crippen LogP) is 4.75. The van der Waals surface area contributed by atoms with Crippen LogP contribution >= 0.6 is 0 Å². The van der Waals surface area contributed by atoms with E-state index in [9.17, 15) is 0 Å². The van der Waals surface area contributed by atoms with E-state index in [1.165, 1.54) is 32.3 Å². The van der Waals surface area contributed by atoms with E-state index in [1.54, 1.807) is 0 Å². The topological polar surface area (TPSA) is 0 Å². The SMILES string of the molecule is [c]1ccc2ccc3c([c]cc4ccccc43)c2c1. The van der Waals surface area contributed by atoms with Gasteiger partial charge in [0.15, 0.2) is 0 Å². The lowest BCUT2D eigenvalue weighted by Crippen LogP contribution is -1.80. The van der Waals surface area contributed by atoms with Gasteiger partial charge >= 0.3 is 0 Å². The standard InChI is InChI=1S/C18H10/c1-3-7-15-13(5-1)9-11-18-16-8-4-2-6-14(16)10-12-17(15)18/h1-3,5-10,12H. The van der Waals surface area contributed by atoms with Gasteiger partial charge in [0.05, 0.1) is 0 Å². The van der Waals surface area contributed by atoms with Crippen molar-refractivity contribution < 1.29 is 0 Å². The van der Waals surface area contributed by atoms with Crippen LogP contribution in [0.4, 0.5) is 0 Å². The van der Waals surface area contributed by atoms with Gasteiger partial charge in [-0.15, -0.1) is 0 Å². The molecule has 0 aromatic heterocycles. The zero-order valence-corrected chi connectivity index (χ0v) is 9.77. The Morgan fingerprint density at radius 2 is 1.61 bits per heavy atom. The molecule has 82 valence electrons. The molecule has 0 saturated carbocycles. The largest absolute Gasteiger partial charge is 0.0616 e. The average Bonchev–Trinajstić information content (AvgIpc) is 2.46. The Bertz CT molecular complexity index is 797. The summed E-state index contributed by atoms with van der Waals surface area (Å²) in [6.07, 6.45) is 0. The Hall–Kier alpha value is -2.34. The lowest BCUT2D eigenvalue weighted by atomic mass is 9.97. The van der Waals surface area contributed by atoms with Crippen molar-refractivity contribution in [1.82, 2.24) is 0 Å². The van der Waals surface area contributed by atoms with Gasteiger partial charge in [-0.2, -0.15) is 0 Å². The van der Waals surface area contributed by atoms with Gasteiger partial charge in [0, 0.05) is 0 Å². The first-order valence-electron chi connectivity index (χ1n) is 6.05. The quantitative estimate of drug-likeness (QED) is 0.380. The van der Waals surface area contributed by atoms with Crippen LogP contribution in [0.1, 0.15) is 0 Å². The fourth-order valence-corrected chi connectivity index (χ4v) is 2.60. The van der Waals surface area contributed by atoms with Crippen molar-refractivity contribution >= 4 is 32.3 Å². The highest BCUT2D eigenvalue weighted by Gasteiger charge is 2.03. The van der Waals surface area contributed by atoms with Gasteiger partial charge in [0.2, 0.25) is 0 Å². The van der Waals surface area contributed by atoms with Gasteiger partial charge in [-0.05, 0) is 56.6 Å². The van der Waals surface area contributed by atoms with Crippen LogP contribution in [0.25, 0.3) is 32.3 Å². The second-order valence-electron chi connectivity index (χ2n) is 4.51. The maximum Gasteiger partial charge on any atom is -0.00199 e. The highest BCUT2D eigenvalue weighted by atomic mass is 14.1. The highest BCUT2D eigenvalue weighted by Crippen LogP contribution is 2.30. The number of benzene rings is 4. The molecule has 0 saturated heterocycles. The molecule has 4 rings (SSSR count). The van der Waals surface area contributed by atoms with Crippen LogP contribution in [0.5, 0.6) is 0 Å². The maximum absolute atomic E-state index is 3.42. The number of fused-ring (bicyclic) bond motifs is 5. The predicted molar refractivity (Wildman–Crippen MR) is 76.6 cm³/mol. The molecule has 0 aliphatic rings. The van der Waals surface area contributed by atoms with Gasteiger partial charge in [-0.1, -0.05) is 48.5 Å². The van der Waals surface area contributed by atoms with E-state index in [2.05, 4.69) is 60.7 Å². The molecule has 4 aromatic carbocycles. The fourth-order valence-electron chi connectivity index (χ4n) is 2.60. The minimum Gasteiger partial charge on any atom is -0.0616 e. The normalized spacial score (nSPS) is 11.3. The third kappa shape index (κ3) is 1.26. The van der Waals surface area contributed by atoms with E-state index >= 15 is 0 Å². The summed E-state index contributed by atoms with van der Waals surface area (Å²) in [6.45, 7) is 0. The molecular weight excluding hydrogens is 216 g/mol. The second-order valence-corrected chi connectivity index (χ2v) is 4.51. The second kappa shape index (κ2) is 3.58. The summed E-state index contributed by atoms with van der Waals surface area (Å²) in [4.78, 5) is 0. The molecule has 0 nitrogen and oxygen atoms in total. The minimum absolute atomic E-state index is 1.18. The number of hydrogen-bond donors (Lipinski definition) is 0. The van der Waals surface area contributed by atoms with Gasteiger partial charge in [0.25, 0.3) is 0 Å². The Balaban J connectivity index is 2.31. The molecule has 0 atom stereocenters. The van der Waals surface area contributed by atoms with Crippen LogP contribution < -0.4 is 0 Å². The molecule has 0 N–H and O–H groups in total. The highest BCUT2D eigenvalue weighted by molar-refractivity contribution is 6.16. The summed E-state index contributed by atoms with van der Waals surface area (Å²) in [7, 11) is 0. The van der Waals surface area contributed by atoms with Crippen molar-refractivity contribution in [2.24, 2.45) is 0 Å². The van der Waals surface area contributed by atoms with E-state index in [-0.39, 0.29) is 0 Å². The molecule has 0 heterocycles. The van der Waals surface area contributed by atoms with Gasteiger partial charge in [-0.3, -0.25) is 0 Å². The summed E-state index contributed by atoms with van der Waals surface area (Å²) in [5.74, 6) is 0. The Morgan fingerprint density at radius 3 is 2.61 bits per heavy atom. The molecule has 0 bridgehead atoms. The van der Waals surface area contributed by atoms with Crippen molar-refractivity contribution in [3.63, 3.8) is 0 Å². The summed E-state index contributed by atoms with van der Waals surface area (Å²) >= 11 is 0. The van der Waals surface area contributed by atoms with Crippen molar-refractivity contribution in [2.45, 2.75) is 0 Å². The lowest BCUT2D eigenvalue weighted by molar-refractivity contribution is 1.76. The van der Waals surface area contributed by atoms with E-state index in [0.29, 0.717) is 0 Å². The maximum atomic E-state index is 3.42. The minimum atomic E-state index is 1.18. The molecule has 0 unspecified atom stereocenters. The molecule has 0 aliphatic carbocycles. The third-order valence-electron chi connectivity index (χ3n) is 3.49. The fraction of sp³-hybridized carbons (Fsp3) is 0. The van der Waals surface area contributed by atoms with Crippen molar-refractivity contribution in [3.8, 4) is 0 Å². The van der Waals surface area contributed by atoms with Crippen molar-refractivity contribution in [2.75, 3.05) is 0 Å². The molecule has 0 fully saturated rings. The Kier molecular flexibility index (Phi) is 1.92. The first kappa shape index (κ1) is 9.67. The first-order chi connectivity index (χ1) is 8.93. The van der Waals surface area contributed by atoms with Crippen molar-refractivity contribution in [1.29, 1.82) is 0 Å². The molecule has 2 radical (unpaired) electrons. The molecule has 0 heteroatoms. The van der Waals surface area contributed by atoms with E-state index in [1.807, 2.05) is 12.1 Å². The van der Waals surface area contributed by atoms with Crippen LogP contribution in [0, 0.1) is 12.1 Å². The molecule has 18 heavy (non-hydrogen) atoms. The smallest absolute Gasteiger partial charge is 0.00199 e. The number of hydrogen-bond acceptors (Lipinski definition) is 0. The van der Waals surface area contributed by atoms with Gasteiger partial charge in [-0.25, -0.2) is 0 Å². The van der Waals surface area contributed by atoms with Crippen molar-refractivity contribution in [3.05, 3.63) is 72.8 Å². The Morgan fingerprint density at radius 1 is 0.667 bits per heavy atom. The average molecular weight is 226 g/mol. The Labute approximate surface area is 105 Å². The summed E-state index contributed by atoms with van der Waals surface area (Å²) in [6, 6.07) is 27.6. The van der Waals surface area contributed by atoms with Gasteiger partial charge < -0.3 is 0 Å². The van der Waals surface area contributed by atoms with E-state index in [4.69, 9.17) is 0 Å². The molecule has 0 aliphatic heterocycles. The lowest BCUT2D eigenvalue weighted by Gasteiger charge is -2.06. The van der Waals surface area contributed by atoms with E-state index < -0.39 is 0 Å². The summed E-state index contributed by atoms with van der Waals surface area (Å²) in [5.41, 5.74) is 0. The zero-order valence-electron chi connectivity index (χ0n) is 9.77. The molecule has 0 spiro atoms. The molecule has 0 amide bonds. The van der Waals surface area contributed by atoms with E-state index in [0.717, 1.165) is 0 Å². The molecule has 4 aromatic rings. The summed E-state index contributed by atoms with van der Waals surface area (Å²) < 4.78 is 0. The van der Waals surface area contributed by atoms with Crippen LogP contribution in [0.3, 0.4) is 0 Å². The monoisotopic (exact) mass is 226 g/mol. The van der Waals surface area contributed by atoms with Crippen LogP contribution in [0.15, 0.2) is 60.7 Å². The number of rotatable bonds is 0. The van der Waals surface area contributed by atoms with Crippen LogP contribution in [-0.2, 0) is 0 Å².